The number of ether oxygens (including phenoxy) is 4. The third-order valence-electron chi connectivity index (χ3n) is 10.1. The Bertz CT molecular complexity index is 1180. The van der Waals surface area contributed by atoms with Crippen molar-refractivity contribution in [2.75, 3.05) is 0 Å². The first-order chi connectivity index (χ1) is 24.8. The van der Waals surface area contributed by atoms with E-state index in [2.05, 4.69) is 6.08 Å². The van der Waals surface area contributed by atoms with Gasteiger partial charge in [-0.3, -0.25) is 19.2 Å². The van der Waals surface area contributed by atoms with Crippen molar-refractivity contribution in [2.45, 2.75) is 195 Å². The number of esters is 4. The maximum Gasteiger partial charge on any atom is 0.311 e. The second-order valence-corrected chi connectivity index (χ2v) is 15.4. The van der Waals surface area contributed by atoms with Crippen LogP contribution in [0.2, 0.25) is 0 Å². The van der Waals surface area contributed by atoms with Gasteiger partial charge in [0.15, 0.2) is 0 Å². The highest BCUT2D eigenvalue weighted by molar-refractivity contribution is 5.73. The van der Waals surface area contributed by atoms with Crippen LogP contribution in [0.1, 0.15) is 146 Å². The van der Waals surface area contributed by atoms with Crippen molar-refractivity contribution < 1.29 is 58.6 Å². The molecule has 0 bridgehead atoms. The molecule has 53 heavy (non-hydrogen) atoms. The fraction of sp³-hybridized carbons (Fsp3) is 0.805. The molecular weight excluding hydrogens is 684 g/mol. The molecule has 0 fully saturated rings. The normalized spacial score (nSPS) is 30.8. The molecule has 1 heterocycles. The Kier molecular flexibility index (Phi) is 23.0. The van der Waals surface area contributed by atoms with E-state index in [1.807, 2.05) is 20.8 Å². The van der Waals surface area contributed by atoms with Crippen LogP contribution in [0.5, 0.6) is 0 Å². The van der Waals surface area contributed by atoms with Crippen LogP contribution < -0.4 is 0 Å². The van der Waals surface area contributed by atoms with Crippen molar-refractivity contribution in [1.29, 1.82) is 0 Å². The molecule has 1 rings (SSSR count). The number of aliphatic hydroxyl groups is 4. The zero-order chi connectivity index (χ0) is 40.2. The van der Waals surface area contributed by atoms with Gasteiger partial charge in [0, 0.05) is 52.4 Å². The fourth-order valence-corrected chi connectivity index (χ4v) is 6.91. The van der Waals surface area contributed by atoms with Crippen LogP contribution in [0.4, 0.5) is 0 Å². The van der Waals surface area contributed by atoms with Gasteiger partial charge in [0.2, 0.25) is 0 Å². The number of hydrogen-bond acceptors (Lipinski definition) is 12. The van der Waals surface area contributed by atoms with Gasteiger partial charge in [-0.2, -0.15) is 0 Å². The number of carbonyl (C=O) groups excluding carboxylic acids is 4. The quantitative estimate of drug-likeness (QED) is 0.115. The van der Waals surface area contributed by atoms with Gasteiger partial charge in [-0.25, -0.2) is 0 Å². The predicted octanol–water partition coefficient (Wildman–Crippen LogP) is 6.04. The second-order valence-electron chi connectivity index (χ2n) is 15.4. The van der Waals surface area contributed by atoms with Crippen LogP contribution in [-0.4, -0.2) is 93.1 Å². The zero-order valence-electron chi connectivity index (χ0n) is 33.8. The van der Waals surface area contributed by atoms with E-state index in [0.29, 0.717) is 57.8 Å². The average Bonchev–Trinajstić information content (AvgIpc) is 3.05. The van der Waals surface area contributed by atoms with E-state index in [9.17, 15) is 39.6 Å². The molecular formula is C41H70O12. The number of hydrogen-bond donors (Lipinski definition) is 4. The lowest BCUT2D eigenvalue weighted by molar-refractivity contribution is -0.164. The summed E-state index contributed by atoms with van der Waals surface area (Å²) in [7, 11) is 0. The molecule has 0 aromatic carbocycles. The van der Waals surface area contributed by atoms with Gasteiger partial charge < -0.3 is 39.4 Å². The van der Waals surface area contributed by atoms with Crippen LogP contribution in [0.15, 0.2) is 23.3 Å². The van der Waals surface area contributed by atoms with Crippen molar-refractivity contribution in [3.8, 4) is 0 Å². The number of carbonyl (C=O) groups is 4. The molecule has 12 heteroatoms. The summed E-state index contributed by atoms with van der Waals surface area (Å²) >= 11 is 0. The van der Waals surface area contributed by atoms with Gasteiger partial charge in [0.25, 0.3) is 0 Å². The van der Waals surface area contributed by atoms with Crippen LogP contribution in [-0.2, 0) is 38.1 Å². The summed E-state index contributed by atoms with van der Waals surface area (Å²) in [5.41, 5.74) is 1.89. The maximum atomic E-state index is 13.6. The molecule has 0 aromatic heterocycles. The van der Waals surface area contributed by atoms with Gasteiger partial charge >= 0.3 is 23.9 Å². The van der Waals surface area contributed by atoms with Crippen LogP contribution in [0.25, 0.3) is 0 Å². The van der Waals surface area contributed by atoms with E-state index in [0.717, 1.165) is 17.6 Å². The van der Waals surface area contributed by atoms with Crippen molar-refractivity contribution in [2.24, 2.45) is 17.8 Å². The summed E-state index contributed by atoms with van der Waals surface area (Å²) in [4.78, 5) is 49.1. The monoisotopic (exact) mass is 754 g/mol. The minimum absolute atomic E-state index is 0.0869. The van der Waals surface area contributed by atoms with Crippen molar-refractivity contribution in [1.82, 2.24) is 0 Å². The van der Waals surface area contributed by atoms with Gasteiger partial charge in [0.1, 0.15) is 24.4 Å². The Morgan fingerprint density at radius 3 is 2.13 bits per heavy atom. The number of cyclic esters (lactones) is 1. The lowest BCUT2D eigenvalue weighted by Gasteiger charge is -2.31. The van der Waals surface area contributed by atoms with E-state index >= 15 is 0 Å². The number of aliphatic hydroxyl groups excluding tert-OH is 4. The molecule has 0 saturated heterocycles. The average molecular weight is 755 g/mol. The SMILES string of the molecule is CCC[C@H](C/C(C)=C/[C@@H](O)[C@@H](C)[C@@H]1C[C@H](O)CCC/C=C(\C)CC[C@H](O)C[C@@H](OC(C)=O)C[C@@H](OC(C)=O)CC[C@@H](C)[C@H](O)[C@H](C)C(=O)O1)OC(C)=O. The molecule has 0 aliphatic carbocycles. The van der Waals surface area contributed by atoms with E-state index < -0.39 is 78.4 Å². The minimum atomic E-state index is -1.12. The lowest BCUT2D eigenvalue weighted by Crippen LogP contribution is -2.40. The second kappa shape index (κ2) is 25.3. The zero-order valence-corrected chi connectivity index (χ0v) is 33.8. The molecule has 1 aliphatic rings. The minimum Gasteiger partial charge on any atom is -0.462 e. The summed E-state index contributed by atoms with van der Waals surface area (Å²) in [6, 6.07) is 0. The molecule has 0 amide bonds. The molecule has 12 nitrogen and oxygen atoms in total. The number of allylic oxidation sites excluding steroid dienone is 2. The highest BCUT2D eigenvalue weighted by atomic mass is 16.6. The standard InChI is InChI=1S/C41H70O12/c1-10-13-35(50-30(7)42)20-26(3)21-38(47)28(5)39-23-33(45)15-12-11-14-25(2)16-18-34(46)22-37(52-32(9)44)24-36(51-31(8)43)19-17-27(4)40(48)29(6)41(49)53-39/h14,21,27-29,33-40,45-48H,10-13,15-20,22-24H2,1-9H3/b25-14+,26-21+/t27-,28-,29+,33-,34+,35-,36+,37-,38-,39+,40+/m1/s1. The molecule has 0 radical (unpaired) electrons. The highest BCUT2D eigenvalue weighted by Crippen LogP contribution is 2.28. The molecule has 1 aliphatic heterocycles. The third-order valence-corrected chi connectivity index (χ3v) is 10.1. The summed E-state index contributed by atoms with van der Waals surface area (Å²) in [6.07, 6.45) is 3.38. The van der Waals surface area contributed by atoms with E-state index in [1.165, 1.54) is 20.8 Å². The Morgan fingerprint density at radius 1 is 0.906 bits per heavy atom. The van der Waals surface area contributed by atoms with Crippen molar-refractivity contribution in [3.05, 3.63) is 23.3 Å². The van der Waals surface area contributed by atoms with E-state index in [-0.39, 0.29) is 31.3 Å². The molecule has 306 valence electrons. The summed E-state index contributed by atoms with van der Waals surface area (Å²) in [5.74, 6) is -4.04. The van der Waals surface area contributed by atoms with Crippen LogP contribution in [0.3, 0.4) is 0 Å². The van der Waals surface area contributed by atoms with Crippen LogP contribution in [0, 0.1) is 17.8 Å². The first-order valence-corrected chi connectivity index (χ1v) is 19.6. The highest BCUT2D eigenvalue weighted by Gasteiger charge is 2.35. The third kappa shape index (κ3) is 20.5. The lowest BCUT2D eigenvalue weighted by atomic mass is 9.87. The summed E-state index contributed by atoms with van der Waals surface area (Å²) < 4.78 is 22.5. The molecule has 0 spiro atoms. The Hall–Kier alpha value is -2.80. The first-order valence-electron chi connectivity index (χ1n) is 19.6. The van der Waals surface area contributed by atoms with Crippen molar-refractivity contribution >= 4 is 23.9 Å². The summed E-state index contributed by atoms with van der Waals surface area (Å²) in [6.45, 7) is 14.9. The topological polar surface area (TPSA) is 186 Å². The molecule has 0 saturated carbocycles. The molecule has 11 atom stereocenters. The largest absolute Gasteiger partial charge is 0.462 e. The van der Waals surface area contributed by atoms with E-state index in [1.54, 1.807) is 26.8 Å². The van der Waals surface area contributed by atoms with Gasteiger partial charge in [-0.05, 0) is 78.1 Å². The van der Waals surface area contributed by atoms with E-state index in [4.69, 9.17) is 18.9 Å². The van der Waals surface area contributed by atoms with Crippen molar-refractivity contribution in [3.63, 3.8) is 0 Å². The van der Waals surface area contributed by atoms with Gasteiger partial charge in [0.05, 0.1) is 30.3 Å². The summed E-state index contributed by atoms with van der Waals surface area (Å²) in [5, 5.41) is 44.5. The Labute approximate surface area is 317 Å². The predicted molar refractivity (Wildman–Crippen MR) is 201 cm³/mol. The smallest absolute Gasteiger partial charge is 0.311 e. The number of rotatable bonds is 10. The van der Waals surface area contributed by atoms with Gasteiger partial charge in [-0.15, -0.1) is 0 Å². The molecule has 0 aromatic rings. The van der Waals surface area contributed by atoms with Crippen LogP contribution >= 0.6 is 0 Å². The molecule has 0 unspecified atom stereocenters. The fourth-order valence-electron chi connectivity index (χ4n) is 6.91. The van der Waals surface area contributed by atoms with Gasteiger partial charge in [-0.1, -0.05) is 50.5 Å². The first kappa shape index (κ1) is 48.2. The Balaban J connectivity index is 3.33. The molecule has 4 N–H and O–H groups in total. The Morgan fingerprint density at radius 2 is 1.53 bits per heavy atom. The maximum absolute atomic E-state index is 13.6.